The fourth-order valence-electron chi connectivity index (χ4n) is 1.95. The minimum Gasteiger partial charge on any atom is -0.399 e. The molecule has 1 aromatic heterocycles. The van der Waals surface area contributed by atoms with E-state index < -0.39 is 0 Å². The van der Waals surface area contributed by atoms with Crippen LogP contribution in [0.1, 0.15) is 0 Å². The van der Waals surface area contributed by atoms with Crippen molar-refractivity contribution in [1.82, 2.24) is 20.2 Å². The number of hydrogen-bond donors (Lipinski definition) is 1. The predicted molar refractivity (Wildman–Crippen MR) is 84.0 cm³/mol. The van der Waals surface area contributed by atoms with Gasteiger partial charge in [-0.3, -0.25) is 0 Å². The maximum Gasteiger partial charge on any atom is 0.187 e. The molecule has 3 aromatic rings. The van der Waals surface area contributed by atoms with E-state index in [0.29, 0.717) is 37.8 Å². The van der Waals surface area contributed by atoms with Gasteiger partial charge in [-0.15, -0.1) is 5.10 Å². The van der Waals surface area contributed by atoms with Crippen LogP contribution < -0.4 is 5.73 Å². The van der Waals surface area contributed by atoms with Gasteiger partial charge >= 0.3 is 0 Å². The van der Waals surface area contributed by atoms with E-state index in [0.717, 1.165) is 0 Å². The maximum absolute atomic E-state index is 6.19. The highest BCUT2D eigenvalue weighted by Gasteiger charge is 2.16. The molecule has 0 fully saturated rings. The molecule has 0 unspecified atom stereocenters. The Kier molecular flexibility index (Phi) is 3.71. The molecule has 2 aromatic carbocycles. The number of hydrogen-bond acceptors (Lipinski definition) is 4. The van der Waals surface area contributed by atoms with Crippen LogP contribution in [0.15, 0.2) is 36.4 Å². The highest BCUT2D eigenvalue weighted by atomic mass is 35.5. The molecule has 106 valence electrons. The summed E-state index contributed by atoms with van der Waals surface area (Å²) in [7, 11) is 0. The summed E-state index contributed by atoms with van der Waals surface area (Å²) in [6, 6.07) is 10.2. The third kappa shape index (κ3) is 2.68. The lowest BCUT2D eigenvalue weighted by Gasteiger charge is -2.09. The second-order valence-electron chi connectivity index (χ2n) is 4.26. The molecule has 0 aliphatic rings. The Balaban J connectivity index is 2.22. The van der Waals surface area contributed by atoms with Gasteiger partial charge in [0.2, 0.25) is 0 Å². The van der Waals surface area contributed by atoms with Gasteiger partial charge in [-0.05, 0) is 40.8 Å². The first-order valence-corrected chi connectivity index (χ1v) is 6.99. The summed E-state index contributed by atoms with van der Waals surface area (Å²) in [5.41, 5.74) is 7.48. The Morgan fingerprint density at radius 3 is 2.38 bits per heavy atom. The van der Waals surface area contributed by atoms with Crippen LogP contribution in [0.2, 0.25) is 15.1 Å². The Morgan fingerprint density at radius 2 is 1.71 bits per heavy atom. The van der Waals surface area contributed by atoms with E-state index in [4.69, 9.17) is 40.5 Å². The summed E-state index contributed by atoms with van der Waals surface area (Å²) < 4.78 is 1.45. The molecule has 0 atom stereocenters. The predicted octanol–water partition coefficient (Wildman–Crippen LogP) is 3.87. The van der Waals surface area contributed by atoms with E-state index >= 15 is 0 Å². The average Bonchev–Trinajstić information content (AvgIpc) is 2.86. The summed E-state index contributed by atoms with van der Waals surface area (Å²) in [5.74, 6) is 0.444. The van der Waals surface area contributed by atoms with Crippen LogP contribution in [0.5, 0.6) is 0 Å². The Labute approximate surface area is 135 Å². The number of nitrogens with two attached hydrogens (primary N) is 1. The van der Waals surface area contributed by atoms with Crippen LogP contribution in [0.4, 0.5) is 5.69 Å². The molecule has 3 rings (SSSR count). The molecule has 2 N–H and O–H groups in total. The average molecular weight is 341 g/mol. The molecule has 0 radical (unpaired) electrons. The molecule has 0 aliphatic carbocycles. The molecule has 5 nitrogen and oxygen atoms in total. The van der Waals surface area contributed by atoms with Crippen molar-refractivity contribution in [3.8, 4) is 17.1 Å². The van der Waals surface area contributed by atoms with E-state index in [2.05, 4.69) is 15.5 Å². The molecular formula is C13H8Cl3N5. The van der Waals surface area contributed by atoms with Crippen LogP contribution in [0.3, 0.4) is 0 Å². The quantitative estimate of drug-likeness (QED) is 0.719. The van der Waals surface area contributed by atoms with Gasteiger partial charge in [-0.2, -0.15) is 4.68 Å². The number of benzene rings is 2. The number of nitrogen functional groups attached to an aromatic ring is 1. The van der Waals surface area contributed by atoms with Crippen molar-refractivity contribution in [3.63, 3.8) is 0 Å². The van der Waals surface area contributed by atoms with Crippen molar-refractivity contribution in [2.45, 2.75) is 0 Å². The van der Waals surface area contributed by atoms with Crippen molar-refractivity contribution in [2.24, 2.45) is 0 Å². The van der Waals surface area contributed by atoms with Gasteiger partial charge in [0.25, 0.3) is 0 Å². The summed E-state index contributed by atoms with van der Waals surface area (Å²) in [6.45, 7) is 0. The highest BCUT2D eigenvalue weighted by Crippen LogP contribution is 2.31. The van der Waals surface area contributed by atoms with Crippen LogP contribution >= 0.6 is 34.8 Å². The molecule has 0 saturated carbocycles. The minimum atomic E-state index is 0.436. The molecule has 8 heteroatoms. The molecule has 0 spiro atoms. The fourth-order valence-corrected chi connectivity index (χ4v) is 2.75. The van der Waals surface area contributed by atoms with Crippen molar-refractivity contribution in [1.29, 1.82) is 0 Å². The Hall–Kier alpha value is -1.82. The molecule has 0 saturated heterocycles. The van der Waals surface area contributed by atoms with E-state index in [-0.39, 0.29) is 0 Å². The maximum atomic E-state index is 6.19. The standard InChI is InChI=1S/C13H8Cl3N5/c14-8-4-7(5-9(17)6-8)13-18-19-20-21(13)12-10(15)2-1-3-11(12)16/h1-6H,17H2. The number of para-hydroxylation sites is 1. The summed E-state index contributed by atoms with van der Waals surface area (Å²) in [4.78, 5) is 0. The van der Waals surface area contributed by atoms with Crippen LogP contribution in [0, 0.1) is 0 Å². The molecule has 0 bridgehead atoms. The zero-order chi connectivity index (χ0) is 15.0. The van der Waals surface area contributed by atoms with Crippen molar-refractivity contribution in [3.05, 3.63) is 51.5 Å². The highest BCUT2D eigenvalue weighted by molar-refractivity contribution is 6.37. The lowest BCUT2D eigenvalue weighted by atomic mass is 10.2. The smallest absolute Gasteiger partial charge is 0.187 e. The van der Waals surface area contributed by atoms with E-state index in [1.807, 2.05) is 0 Å². The fraction of sp³-hybridized carbons (Fsp3) is 0. The van der Waals surface area contributed by atoms with Crippen LogP contribution in [-0.2, 0) is 0 Å². The van der Waals surface area contributed by atoms with E-state index in [9.17, 15) is 0 Å². The first kappa shape index (κ1) is 14.1. The lowest BCUT2D eigenvalue weighted by molar-refractivity contribution is 0.791. The summed E-state index contributed by atoms with van der Waals surface area (Å²) in [5, 5.41) is 13.0. The monoisotopic (exact) mass is 339 g/mol. The molecule has 1 heterocycles. The lowest BCUT2D eigenvalue weighted by Crippen LogP contribution is -2.02. The van der Waals surface area contributed by atoms with Crippen molar-refractivity contribution < 1.29 is 0 Å². The largest absolute Gasteiger partial charge is 0.399 e. The van der Waals surface area contributed by atoms with Gasteiger partial charge in [0, 0.05) is 16.3 Å². The summed E-state index contributed by atoms with van der Waals surface area (Å²) in [6.07, 6.45) is 0. The minimum absolute atomic E-state index is 0.436. The molecule has 21 heavy (non-hydrogen) atoms. The molecule has 0 aliphatic heterocycles. The number of rotatable bonds is 2. The van der Waals surface area contributed by atoms with Gasteiger partial charge in [0.15, 0.2) is 5.82 Å². The van der Waals surface area contributed by atoms with Gasteiger partial charge in [0.1, 0.15) is 5.69 Å². The van der Waals surface area contributed by atoms with Gasteiger partial charge in [0.05, 0.1) is 10.0 Å². The van der Waals surface area contributed by atoms with E-state index in [1.165, 1.54) is 4.68 Å². The number of halogens is 3. The first-order chi connectivity index (χ1) is 10.1. The number of aromatic nitrogens is 4. The second kappa shape index (κ2) is 5.52. The van der Waals surface area contributed by atoms with Gasteiger partial charge in [-0.25, -0.2) is 0 Å². The molecule has 0 amide bonds. The van der Waals surface area contributed by atoms with Crippen LogP contribution in [-0.4, -0.2) is 20.2 Å². The van der Waals surface area contributed by atoms with Crippen molar-refractivity contribution in [2.75, 3.05) is 5.73 Å². The molecular weight excluding hydrogens is 333 g/mol. The number of anilines is 1. The van der Waals surface area contributed by atoms with Crippen LogP contribution in [0.25, 0.3) is 17.1 Å². The first-order valence-electron chi connectivity index (χ1n) is 5.85. The third-order valence-electron chi connectivity index (χ3n) is 2.80. The van der Waals surface area contributed by atoms with Gasteiger partial charge < -0.3 is 5.73 Å². The van der Waals surface area contributed by atoms with Gasteiger partial charge in [-0.1, -0.05) is 40.9 Å². The zero-order valence-electron chi connectivity index (χ0n) is 10.5. The van der Waals surface area contributed by atoms with Crippen molar-refractivity contribution >= 4 is 40.5 Å². The Morgan fingerprint density at radius 1 is 1.00 bits per heavy atom. The number of tetrazole rings is 1. The SMILES string of the molecule is Nc1cc(Cl)cc(-c2nnnn2-c2c(Cl)cccc2Cl)c1. The second-order valence-corrected chi connectivity index (χ2v) is 5.51. The zero-order valence-corrected chi connectivity index (χ0v) is 12.7. The normalized spacial score (nSPS) is 10.8. The number of nitrogens with zero attached hydrogens (tertiary/aromatic N) is 4. The Bertz CT molecular complexity index is 775. The third-order valence-corrected chi connectivity index (χ3v) is 3.63. The summed E-state index contributed by atoms with van der Waals surface area (Å²) >= 11 is 18.4. The topological polar surface area (TPSA) is 69.6 Å². The van der Waals surface area contributed by atoms with E-state index in [1.54, 1.807) is 36.4 Å².